The number of fused-ring (bicyclic) bond motifs is 1. The first kappa shape index (κ1) is 14.3. The highest BCUT2D eigenvalue weighted by Gasteiger charge is 2.19. The van der Waals surface area contributed by atoms with Crippen LogP contribution in [0.2, 0.25) is 0 Å². The molecule has 21 heavy (non-hydrogen) atoms. The van der Waals surface area contributed by atoms with Crippen LogP contribution in [0.15, 0.2) is 24.3 Å². The number of rotatable bonds is 2. The van der Waals surface area contributed by atoms with Crippen molar-refractivity contribution in [1.29, 1.82) is 0 Å². The lowest BCUT2D eigenvalue weighted by Gasteiger charge is -2.22. The minimum atomic E-state index is -0.0745. The van der Waals surface area contributed by atoms with Gasteiger partial charge in [-0.1, -0.05) is 24.3 Å². The van der Waals surface area contributed by atoms with Gasteiger partial charge in [0.05, 0.1) is 19.3 Å². The largest absolute Gasteiger partial charge is 0.372 e. The lowest BCUT2D eigenvalue weighted by Crippen LogP contribution is -2.16. The van der Waals surface area contributed by atoms with Gasteiger partial charge in [-0.2, -0.15) is 0 Å². The summed E-state index contributed by atoms with van der Waals surface area (Å²) in [5.41, 5.74) is 16.9. The van der Waals surface area contributed by atoms with E-state index in [2.05, 4.69) is 52.0 Å². The van der Waals surface area contributed by atoms with Crippen LogP contribution in [0.25, 0.3) is 0 Å². The van der Waals surface area contributed by atoms with E-state index in [1.807, 2.05) is 0 Å². The van der Waals surface area contributed by atoms with Crippen LogP contribution < -0.4 is 5.73 Å². The molecular weight excluding hydrogens is 258 g/mol. The molecule has 1 aliphatic rings. The lowest BCUT2D eigenvalue weighted by molar-refractivity contribution is 0.134. The predicted octanol–water partition coefficient (Wildman–Crippen LogP) is 4.00. The molecule has 0 fully saturated rings. The Hall–Kier alpha value is -1.64. The van der Waals surface area contributed by atoms with Crippen LogP contribution in [-0.2, 0) is 18.0 Å². The van der Waals surface area contributed by atoms with E-state index in [0.717, 1.165) is 6.61 Å². The fourth-order valence-electron chi connectivity index (χ4n) is 3.27. The zero-order chi connectivity index (χ0) is 15.1. The molecule has 0 saturated heterocycles. The molecule has 1 atom stereocenters. The Bertz CT molecular complexity index is 677. The summed E-state index contributed by atoms with van der Waals surface area (Å²) in [5.74, 6) is 0. The number of benzene rings is 2. The third kappa shape index (κ3) is 2.39. The van der Waals surface area contributed by atoms with Crippen LogP contribution >= 0.6 is 0 Å². The van der Waals surface area contributed by atoms with Crippen molar-refractivity contribution in [1.82, 2.24) is 0 Å². The van der Waals surface area contributed by atoms with Crippen LogP contribution in [0.5, 0.6) is 0 Å². The van der Waals surface area contributed by atoms with E-state index in [9.17, 15) is 0 Å². The molecule has 0 spiro atoms. The van der Waals surface area contributed by atoms with Gasteiger partial charge in [0.2, 0.25) is 0 Å². The molecule has 0 aliphatic carbocycles. The Morgan fingerprint density at radius 1 is 0.905 bits per heavy atom. The van der Waals surface area contributed by atoms with Gasteiger partial charge >= 0.3 is 0 Å². The molecular formula is C19H23NO. The molecule has 0 bridgehead atoms. The molecule has 2 aromatic carbocycles. The lowest BCUT2D eigenvalue weighted by atomic mass is 9.86. The summed E-state index contributed by atoms with van der Waals surface area (Å²) in [6.45, 7) is 10.1. The first-order valence-corrected chi connectivity index (χ1v) is 7.51. The molecule has 2 heteroatoms. The second kappa shape index (κ2) is 5.28. The summed E-state index contributed by atoms with van der Waals surface area (Å²) in [5, 5.41) is 0. The van der Waals surface area contributed by atoms with Gasteiger partial charge in [-0.15, -0.1) is 0 Å². The summed E-state index contributed by atoms with van der Waals surface area (Å²) in [7, 11) is 0. The van der Waals surface area contributed by atoms with Crippen molar-refractivity contribution in [3.05, 3.63) is 68.8 Å². The average molecular weight is 281 g/mol. The smallest absolute Gasteiger partial charge is 0.0725 e. The summed E-state index contributed by atoms with van der Waals surface area (Å²) in [6.07, 6.45) is 0. The van der Waals surface area contributed by atoms with Crippen LogP contribution in [0.1, 0.15) is 50.5 Å². The highest BCUT2D eigenvalue weighted by molar-refractivity contribution is 5.49. The Morgan fingerprint density at radius 3 is 2.19 bits per heavy atom. The molecule has 3 rings (SSSR count). The first-order chi connectivity index (χ1) is 9.99. The second-order valence-electron chi connectivity index (χ2n) is 6.17. The van der Waals surface area contributed by atoms with Crippen molar-refractivity contribution in [2.45, 2.75) is 47.0 Å². The molecule has 1 heterocycles. The van der Waals surface area contributed by atoms with Gasteiger partial charge in [0, 0.05) is 0 Å². The Labute approximate surface area is 126 Å². The van der Waals surface area contributed by atoms with Crippen molar-refractivity contribution in [3.8, 4) is 0 Å². The van der Waals surface area contributed by atoms with Crippen LogP contribution in [0.3, 0.4) is 0 Å². The Balaban J connectivity index is 2.09. The van der Waals surface area contributed by atoms with Gasteiger partial charge in [-0.3, -0.25) is 0 Å². The normalized spacial score (nSPS) is 15.1. The topological polar surface area (TPSA) is 35.2 Å². The van der Waals surface area contributed by atoms with E-state index in [-0.39, 0.29) is 6.04 Å². The van der Waals surface area contributed by atoms with Gasteiger partial charge in [-0.05, 0) is 72.2 Å². The molecule has 0 radical (unpaired) electrons. The van der Waals surface area contributed by atoms with Crippen molar-refractivity contribution in [3.63, 3.8) is 0 Å². The van der Waals surface area contributed by atoms with Gasteiger partial charge < -0.3 is 10.5 Å². The number of hydrogen-bond donors (Lipinski definition) is 1. The monoisotopic (exact) mass is 281 g/mol. The quantitative estimate of drug-likeness (QED) is 0.903. The molecule has 1 aliphatic heterocycles. The minimum Gasteiger partial charge on any atom is -0.372 e. The molecule has 2 aromatic rings. The molecule has 1 unspecified atom stereocenters. The van der Waals surface area contributed by atoms with E-state index in [1.165, 1.54) is 44.5 Å². The maximum atomic E-state index is 6.61. The van der Waals surface area contributed by atoms with Crippen molar-refractivity contribution < 1.29 is 4.74 Å². The molecule has 0 amide bonds. The van der Waals surface area contributed by atoms with Gasteiger partial charge in [0.1, 0.15) is 0 Å². The predicted molar refractivity (Wildman–Crippen MR) is 86.4 cm³/mol. The molecule has 110 valence electrons. The zero-order valence-electron chi connectivity index (χ0n) is 13.3. The van der Waals surface area contributed by atoms with E-state index >= 15 is 0 Å². The number of hydrogen-bond acceptors (Lipinski definition) is 2. The van der Waals surface area contributed by atoms with E-state index in [0.29, 0.717) is 6.61 Å². The molecule has 0 saturated carbocycles. The van der Waals surface area contributed by atoms with Gasteiger partial charge in [0.15, 0.2) is 0 Å². The molecule has 2 N–H and O–H groups in total. The third-order valence-corrected chi connectivity index (χ3v) is 4.84. The third-order valence-electron chi connectivity index (χ3n) is 4.84. The fraction of sp³-hybridized carbons (Fsp3) is 0.368. The average Bonchev–Trinajstić information content (AvgIpc) is 2.92. The summed E-state index contributed by atoms with van der Waals surface area (Å²) >= 11 is 0. The summed E-state index contributed by atoms with van der Waals surface area (Å²) in [4.78, 5) is 0. The maximum Gasteiger partial charge on any atom is 0.0725 e. The minimum absolute atomic E-state index is 0.0745. The number of ether oxygens (including phenoxy) is 1. The van der Waals surface area contributed by atoms with E-state index in [1.54, 1.807) is 0 Å². The second-order valence-corrected chi connectivity index (χ2v) is 6.17. The van der Waals surface area contributed by atoms with Crippen molar-refractivity contribution >= 4 is 0 Å². The number of nitrogens with two attached hydrogens (primary N) is 1. The summed E-state index contributed by atoms with van der Waals surface area (Å²) in [6, 6.07) is 8.69. The fourth-order valence-corrected chi connectivity index (χ4v) is 3.27. The maximum absolute atomic E-state index is 6.61. The highest BCUT2D eigenvalue weighted by Crippen LogP contribution is 2.32. The first-order valence-electron chi connectivity index (χ1n) is 7.51. The van der Waals surface area contributed by atoms with E-state index < -0.39 is 0 Å². The van der Waals surface area contributed by atoms with Gasteiger partial charge in [-0.25, -0.2) is 0 Å². The van der Waals surface area contributed by atoms with Crippen molar-refractivity contribution in [2.24, 2.45) is 5.73 Å². The Kier molecular flexibility index (Phi) is 3.60. The SMILES string of the molecule is Cc1cc(C)c(C)c(C(N)c2ccc3c(c2)COC3)c1C. The van der Waals surface area contributed by atoms with Gasteiger partial charge in [0.25, 0.3) is 0 Å². The molecule has 2 nitrogen and oxygen atoms in total. The van der Waals surface area contributed by atoms with Crippen LogP contribution in [0, 0.1) is 27.7 Å². The number of aryl methyl sites for hydroxylation is 2. The standard InChI is InChI=1S/C19H23NO/c1-11-7-12(2)14(4)18(13(11)3)19(20)15-5-6-16-9-21-10-17(16)8-15/h5-8,19H,9-10,20H2,1-4H3. The Morgan fingerprint density at radius 2 is 1.52 bits per heavy atom. The zero-order valence-corrected chi connectivity index (χ0v) is 13.3. The van der Waals surface area contributed by atoms with E-state index in [4.69, 9.17) is 10.5 Å². The van der Waals surface area contributed by atoms with Crippen LogP contribution in [-0.4, -0.2) is 0 Å². The van der Waals surface area contributed by atoms with Crippen molar-refractivity contribution in [2.75, 3.05) is 0 Å². The summed E-state index contributed by atoms with van der Waals surface area (Å²) < 4.78 is 5.50. The highest BCUT2D eigenvalue weighted by atomic mass is 16.5. The van der Waals surface area contributed by atoms with Crippen LogP contribution in [0.4, 0.5) is 0 Å². The molecule has 0 aromatic heterocycles.